The molecule has 0 aliphatic carbocycles. The van der Waals surface area contributed by atoms with Gasteiger partial charge in [-0.15, -0.1) is 0 Å². The van der Waals surface area contributed by atoms with Crippen LogP contribution < -0.4 is 0 Å². The van der Waals surface area contributed by atoms with Crippen molar-refractivity contribution in [3.63, 3.8) is 0 Å². The summed E-state index contributed by atoms with van der Waals surface area (Å²) in [4.78, 5) is 1.90. The summed E-state index contributed by atoms with van der Waals surface area (Å²) >= 11 is 0. The molecule has 0 atom stereocenters. The van der Waals surface area contributed by atoms with Crippen LogP contribution in [0.1, 0.15) is 6.42 Å². The minimum atomic E-state index is -4.24. The van der Waals surface area contributed by atoms with E-state index in [1.165, 1.54) is 0 Å². The van der Waals surface area contributed by atoms with Crippen LogP contribution in [-0.2, 0) is 14.6 Å². The Bertz CT molecular complexity index is 187. The number of hydrogen-bond donors (Lipinski definition) is 1. The highest BCUT2D eigenvalue weighted by molar-refractivity contribution is 7.80. The van der Waals surface area contributed by atoms with Crippen LogP contribution in [-0.4, -0.2) is 45.1 Å². The normalized spacial score (nSPS) is 12.4. The van der Waals surface area contributed by atoms with Crippen LogP contribution in [0.3, 0.4) is 0 Å². The molecule has 11 heavy (non-hydrogen) atoms. The molecule has 0 fully saturated rings. The monoisotopic (exact) mass is 183 g/mol. The van der Waals surface area contributed by atoms with Gasteiger partial charge in [-0.25, -0.2) is 4.18 Å². The Morgan fingerprint density at radius 2 is 2.00 bits per heavy atom. The molecule has 1 N–H and O–H groups in total. The zero-order chi connectivity index (χ0) is 8.91. The Morgan fingerprint density at radius 3 is 2.36 bits per heavy atom. The SMILES string of the molecule is CN(C)CCCOS(=O)(=O)O. The molecule has 0 aromatic rings. The third-order valence-electron chi connectivity index (χ3n) is 0.982. The minimum absolute atomic E-state index is 0.0248. The topological polar surface area (TPSA) is 66.8 Å². The zero-order valence-corrected chi connectivity index (χ0v) is 7.47. The molecule has 0 bridgehead atoms. The second-order valence-corrected chi connectivity index (χ2v) is 3.50. The lowest BCUT2D eigenvalue weighted by molar-refractivity contribution is 0.249. The summed E-state index contributed by atoms with van der Waals surface area (Å²) in [5, 5.41) is 0. The quantitative estimate of drug-likeness (QED) is 0.470. The largest absolute Gasteiger partial charge is 0.397 e. The van der Waals surface area contributed by atoms with E-state index >= 15 is 0 Å². The van der Waals surface area contributed by atoms with Crippen LogP contribution in [0.25, 0.3) is 0 Å². The van der Waals surface area contributed by atoms with Gasteiger partial charge in [0.05, 0.1) is 6.61 Å². The highest BCUT2D eigenvalue weighted by Gasteiger charge is 2.02. The first-order valence-corrected chi connectivity index (χ1v) is 4.55. The van der Waals surface area contributed by atoms with E-state index in [-0.39, 0.29) is 6.61 Å². The van der Waals surface area contributed by atoms with Crippen molar-refractivity contribution in [2.24, 2.45) is 0 Å². The fourth-order valence-corrected chi connectivity index (χ4v) is 0.873. The smallest absolute Gasteiger partial charge is 0.309 e. The zero-order valence-electron chi connectivity index (χ0n) is 6.65. The Balaban J connectivity index is 3.30. The van der Waals surface area contributed by atoms with Crippen LogP contribution >= 0.6 is 0 Å². The lowest BCUT2D eigenvalue weighted by Crippen LogP contribution is -2.16. The second-order valence-electron chi connectivity index (χ2n) is 2.41. The van der Waals surface area contributed by atoms with Gasteiger partial charge in [0.25, 0.3) is 0 Å². The van der Waals surface area contributed by atoms with E-state index in [1.807, 2.05) is 19.0 Å². The van der Waals surface area contributed by atoms with Crippen molar-refractivity contribution in [3.05, 3.63) is 0 Å². The predicted octanol–water partition coefficient (Wildman–Crippen LogP) is -0.242. The van der Waals surface area contributed by atoms with Crippen LogP contribution in [0.4, 0.5) is 0 Å². The van der Waals surface area contributed by atoms with E-state index in [4.69, 9.17) is 4.55 Å². The molecule has 6 heteroatoms. The van der Waals surface area contributed by atoms with Crippen molar-refractivity contribution in [2.45, 2.75) is 6.42 Å². The van der Waals surface area contributed by atoms with E-state index in [2.05, 4.69) is 4.18 Å². The molecule has 0 amide bonds. The van der Waals surface area contributed by atoms with Gasteiger partial charge in [-0.3, -0.25) is 4.55 Å². The Kier molecular flexibility index (Phi) is 4.58. The number of hydrogen-bond acceptors (Lipinski definition) is 4. The van der Waals surface area contributed by atoms with Crippen molar-refractivity contribution in [2.75, 3.05) is 27.2 Å². The highest BCUT2D eigenvalue weighted by atomic mass is 32.3. The van der Waals surface area contributed by atoms with Gasteiger partial charge in [-0.2, -0.15) is 8.42 Å². The Hall–Kier alpha value is -0.170. The Labute approximate surface area is 66.9 Å². The standard InChI is InChI=1S/C5H13NO4S/c1-6(2)4-3-5-10-11(7,8)9/h3-5H2,1-2H3,(H,7,8,9). The summed E-state index contributed by atoms with van der Waals surface area (Å²) in [5.74, 6) is 0. The molecule has 0 radical (unpaired) electrons. The van der Waals surface area contributed by atoms with Gasteiger partial charge in [0, 0.05) is 0 Å². The van der Waals surface area contributed by atoms with Gasteiger partial charge in [0.15, 0.2) is 0 Å². The summed E-state index contributed by atoms with van der Waals surface area (Å²) in [6.07, 6.45) is 0.576. The summed E-state index contributed by atoms with van der Waals surface area (Å²) in [5.41, 5.74) is 0. The highest BCUT2D eigenvalue weighted by Crippen LogP contribution is 1.90. The molecule has 0 aromatic heterocycles. The van der Waals surface area contributed by atoms with Crippen molar-refractivity contribution >= 4 is 10.4 Å². The van der Waals surface area contributed by atoms with E-state index in [0.29, 0.717) is 6.42 Å². The average molecular weight is 183 g/mol. The van der Waals surface area contributed by atoms with Crippen LogP contribution in [0.15, 0.2) is 0 Å². The fourth-order valence-electron chi connectivity index (χ4n) is 0.545. The average Bonchev–Trinajstić information content (AvgIpc) is 1.78. The maximum atomic E-state index is 10.00. The molecule has 0 saturated carbocycles. The molecular formula is C5H13NO4S. The first-order chi connectivity index (χ1) is 4.92. The maximum Gasteiger partial charge on any atom is 0.397 e. The first-order valence-electron chi connectivity index (χ1n) is 3.18. The molecule has 5 nitrogen and oxygen atoms in total. The maximum absolute atomic E-state index is 10.00. The molecule has 0 aliphatic heterocycles. The van der Waals surface area contributed by atoms with Gasteiger partial charge in [-0.05, 0) is 27.1 Å². The molecule has 0 heterocycles. The van der Waals surface area contributed by atoms with Crippen LogP contribution in [0, 0.1) is 0 Å². The van der Waals surface area contributed by atoms with Gasteiger partial charge < -0.3 is 4.90 Å². The minimum Gasteiger partial charge on any atom is -0.309 e. The van der Waals surface area contributed by atoms with Crippen molar-refractivity contribution in [1.29, 1.82) is 0 Å². The van der Waals surface area contributed by atoms with Gasteiger partial charge in [-0.1, -0.05) is 0 Å². The molecule has 0 rings (SSSR count). The van der Waals surface area contributed by atoms with Crippen LogP contribution in [0.5, 0.6) is 0 Å². The van der Waals surface area contributed by atoms with Crippen molar-refractivity contribution < 1.29 is 17.2 Å². The molecule has 0 unspecified atom stereocenters. The molecule has 0 aliphatic rings. The number of rotatable bonds is 5. The van der Waals surface area contributed by atoms with Gasteiger partial charge >= 0.3 is 10.4 Å². The van der Waals surface area contributed by atoms with E-state index in [9.17, 15) is 8.42 Å². The summed E-state index contributed by atoms with van der Waals surface area (Å²) in [7, 11) is -0.504. The number of nitrogens with zero attached hydrogens (tertiary/aromatic N) is 1. The third kappa shape index (κ3) is 9.83. The fraction of sp³-hybridized carbons (Fsp3) is 1.00. The molecule has 0 spiro atoms. The van der Waals surface area contributed by atoms with E-state index < -0.39 is 10.4 Å². The second kappa shape index (κ2) is 4.66. The van der Waals surface area contributed by atoms with Crippen molar-refractivity contribution in [3.8, 4) is 0 Å². The third-order valence-corrected chi connectivity index (χ3v) is 1.45. The van der Waals surface area contributed by atoms with E-state index in [1.54, 1.807) is 0 Å². The van der Waals surface area contributed by atoms with Crippen molar-refractivity contribution in [1.82, 2.24) is 4.90 Å². The molecule has 0 saturated heterocycles. The molecule has 0 aromatic carbocycles. The van der Waals surface area contributed by atoms with Gasteiger partial charge in [0.2, 0.25) is 0 Å². The van der Waals surface area contributed by atoms with Gasteiger partial charge in [0.1, 0.15) is 0 Å². The summed E-state index contributed by atoms with van der Waals surface area (Å²) in [6, 6.07) is 0. The first kappa shape index (κ1) is 10.8. The lowest BCUT2D eigenvalue weighted by atomic mass is 10.4. The summed E-state index contributed by atoms with van der Waals surface area (Å²) < 4.78 is 32.2. The molecular weight excluding hydrogens is 170 g/mol. The predicted molar refractivity (Wildman–Crippen MR) is 40.7 cm³/mol. The van der Waals surface area contributed by atoms with Crippen LogP contribution in [0.2, 0.25) is 0 Å². The van der Waals surface area contributed by atoms with E-state index in [0.717, 1.165) is 6.54 Å². The molecule has 68 valence electrons. The summed E-state index contributed by atoms with van der Waals surface area (Å²) in [6.45, 7) is 0.756. The Morgan fingerprint density at radius 1 is 1.45 bits per heavy atom. The lowest BCUT2D eigenvalue weighted by Gasteiger charge is -2.07.